The fourth-order valence-corrected chi connectivity index (χ4v) is 3.89. The van der Waals surface area contributed by atoms with Crippen LogP contribution in [0.4, 0.5) is 5.82 Å². The first-order valence-electron chi connectivity index (χ1n) is 8.93. The Hall–Kier alpha value is -3.14. The molecule has 0 saturated carbocycles. The SMILES string of the molecule is CONCc1nc2c(N)nc3cc(-c4cccnc4)c[n+]4c3c2n1CC4(C)O. The van der Waals surface area contributed by atoms with Crippen LogP contribution in [0.5, 0.6) is 0 Å². The third kappa shape index (κ3) is 2.37. The number of aliphatic hydroxyl groups is 1. The number of hydroxylamine groups is 1. The molecule has 0 amide bonds. The molecule has 0 spiro atoms. The van der Waals surface area contributed by atoms with Crippen LogP contribution in [0.25, 0.3) is 33.2 Å². The van der Waals surface area contributed by atoms with Gasteiger partial charge in [0.15, 0.2) is 12.0 Å². The predicted molar refractivity (Wildman–Crippen MR) is 103 cm³/mol. The van der Waals surface area contributed by atoms with Gasteiger partial charge < -0.3 is 20.2 Å². The van der Waals surface area contributed by atoms with E-state index in [4.69, 9.17) is 10.6 Å². The molecule has 5 heterocycles. The Morgan fingerprint density at radius 3 is 3.00 bits per heavy atom. The van der Waals surface area contributed by atoms with Crippen molar-refractivity contribution in [3.8, 4) is 11.1 Å². The first-order chi connectivity index (χ1) is 13.5. The minimum absolute atomic E-state index is 0.330. The second-order valence-corrected chi connectivity index (χ2v) is 7.12. The van der Waals surface area contributed by atoms with Crippen LogP contribution in [0.1, 0.15) is 12.7 Å². The van der Waals surface area contributed by atoms with Crippen molar-refractivity contribution >= 4 is 27.9 Å². The summed E-state index contributed by atoms with van der Waals surface area (Å²) in [7, 11) is 1.55. The molecule has 1 aliphatic heterocycles. The Balaban J connectivity index is 1.87. The molecule has 1 aliphatic rings. The Morgan fingerprint density at radius 2 is 2.25 bits per heavy atom. The van der Waals surface area contributed by atoms with Crippen LogP contribution in [-0.4, -0.2) is 31.7 Å². The topological polar surface area (TPSA) is 115 Å². The van der Waals surface area contributed by atoms with Crippen LogP contribution < -0.4 is 15.8 Å². The zero-order chi connectivity index (χ0) is 19.5. The van der Waals surface area contributed by atoms with Gasteiger partial charge in [-0.1, -0.05) is 6.07 Å². The van der Waals surface area contributed by atoms with Gasteiger partial charge in [-0.3, -0.25) is 4.98 Å². The van der Waals surface area contributed by atoms with Gasteiger partial charge in [0.05, 0.1) is 13.7 Å². The standard InChI is InChI=1S/C19H20N7O2/c1-19(27)10-25-14(8-22-28-2)24-15-17(25)16-13(23-18(15)20)6-12(9-26(16)19)11-4-3-5-21-7-11/h3-7,9,22,27H,8,10H2,1-2H3,(H2,20,23)/q+1. The molecule has 28 heavy (non-hydrogen) atoms. The normalized spacial score (nSPS) is 18.4. The second kappa shape index (κ2) is 5.93. The Bertz CT molecular complexity index is 1220. The van der Waals surface area contributed by atoms with Crippen LogP contribution in [0.3, 0.4) is 0 Å². The highest BCUT2D eigenvalue weighted by atomic mass is 16.6. The Morgan fingerprint density at radius 1 is 1.39 bits per heavy atom. The number of pyridine rings is 3. The quantitative estimate of drug-likeness (QED) is 0.356. The molecule has 9 heteroatoms. The zero-order valence-corrected chi connectivity index (χ0v) is 15.5. The molecule has 1 atom stereocenters. The third-order valence-corrected chi connectivity index (χ3v) is 5.14. The van der Waals surface area contributed by atoms with Gasteiger partial charge in [-0.2, -0.15) is 10.0 Å². The van der Waals surface area contributed by atoms with Gasteiger partial charge in [-0.25, -0.2) is 9.97 Å². The molecule has 0 aromatic carbocycles. The van der Waals surface area contributed by atoms with Crippen LogP contribution in [0.2, 0.25) is 0 Å². The van der Waals surface area contributed by atoms with Crippen LogP contribution >= 0.6 is 0 Å². The molecule has 5 rings (SSSR count). The summed E-state index contributed by atoms with van der Waals surface area (Å²) >= 11 is 0. The molecular weight excluding hydrogens is 358 g/mol. The third-order valence-electron chi connectivity index (χ3n) is 5.14. The highest BCUT2D eigenvalue weighted by molar-refractivity contribution is 6.03. The van der Waals surface area contributed by atoms with Gasteiger partial charge in [0.2, 0.25) is 0 Å². The van der Waals surface area contributed by atoms with Crippen LogP contribution in [0.15, 0.2) is 36.8 Å². The van der Waals surface area contributed by atoms with E-state index in [0.717, 1.165) is 28.0 Å². The van der Waals surface area contributed by atoms with Crippen molar-refractivity contribution in [2.75, 3.05) is 12.8 Å². The van der Waals surface area contributed by atoms with E-state index in [9.17, 15) is 5.11 Å². The van der Waals surface area contributed by atoms with Gasteiger partial charge in [0, 0.05) is 30.4 Å². The van der Waals surface area contributed by atoms with Gasteiger partial charge >= 0.3 is 0 Å². The summed E-state index contributed by atoms with van der Waals surface area (Å²) < 4.78 is 3.83. The maximum Gasteiger partial charge on any atom is 0.285 e. The number of hydrogen-bond donors (Lipinski definition) is 3. The van der Waals surface area contributed by atoms with E-state index in [1.807, 2.05) is 33.5 Å². The van der Waals surface area contributed by atoms with Gasteiger partial charge in [0.25, 0.3) is 11.2 Å². The summed E-state index contributed by atoms with van der Waals surface area (Å²) in [6, 6.07) is 5.81. The lowest BCUT2D eigenvalue weighted by Crippen LogP contribution is -2.59. The molecule has 4 aromatic rings. The van der Waals surface area contributed by atoms with E-state index in [1.54, 1.807) is 26.4 Å². The smallest absolute Gasteiger partial charge is 0.285 e. The van der Waals surface area contributed by atoms with Gasteiger partial charge in [-0.15, -0.1) is 0 Å². The summed E-state index contributed by atoms with van der Waals surface area (Å²) in [6.45, 7) is 2.49. The maximum absolute atomic E-state index is 11.3. The average molecular weight is 378 g/mol. The van der Waals surface area contributed by atoms with E-state index in [2.05, 4.69) is 20.4 Å². The highest BCUT2D eigenvalue weighted by Crippen LogP contribution is 2.34. The summed E-state index contributed by atoms with van der Waals surface area (Å²) in [5, 5.41) is 11.3. The number of nitrogens with two attached hydrogens (primary N) is 1. The zero-order valence-electron chi connectivity index (χ0n) is 15.5. The Labute approximate surface area is 160 Å². The van der Waals surface area contributed by atoms with Crippen molar-refractivity contribution in [1.29, 1.82) is 0 Å². The van der Waals surface area contributed by atoms with Crippen molar-refractivity contribution < 1.29 is 14.5 Å². The molecule has 0 aliphatic carbocycles. The molecule has 0 radical (unpaired) electrons. The summed E-state index contributed by atoms with van der Waals surface area (Å²) in [6.07, 6.45) is 5.44. The van der Waals surface area contributed by atoms with Crippen molar-refractivity contribution in [1.82, 2.24) is 25.0 Å². The summed E-state index contributed by atoms with van der Waals surface area (Å²) in [5.74, 6) is 1.08. The molecule has 0 fully saturated rings. The summed E-state index contributed by atoms with van der Waals surface area (Å²) in [5.41, 5.74) is 12.7. The van der Waals surface area contributed by atoms with E-state index in [0.29, 0.717) is 29.9 Å². The molecule has 1 unspecified atom stereocenters. The fraction of sp³-hybridized carbons (Fsp3) is 0.263. The van der Waals surface area contributed by atoms with E-state index >= 15 is 0 Å². The molecule has 0 saturated heterocycles. The number of nitrogen functional groups attached to an aromatic ring is 1. The lowest BCUT2D eigenvalue weighted by atomic mass is 10.1. The first kappa shape index (κ1) is 17.0. The summed E-state index contributed by atoms with van der Waals surface area (Å²) in [4.78, 5) is 18.4. The number of hydrogen-bond acceptors (Lipinski definition) is 7. The monoisotopic (exact) mass is 378 g/mol. The number of imidazole rings is 1. The van der Waals surface area contributed by atoms with E-state index < -0.39 is 5.72 Å². The number of nitrogens with one attached hydrogen (secondary N) is 1. The average Bonchev–Trinajstić information content (AvgIpc) is 3.05. The molecule has 142 valence electrons. The lowest BCUT2D eigenvalue weighted by molar-refractivity contribution is -0.785. The molecular formula is C19H20N7O2+. The number of anilines is 1. The van der Waals surface area contributed by atoms with Crippen molar-refractivity contribution in [2.24, 2.45) is 0 Å². The molecule has 0 bridgehead atoms. The highest BCUT2D eigenvalue weighted by Gasteiger charge is 2.42. The largest absolute Gasteiger partial charge is 0.382 e. The Kier molecular flexibility index (Phi) is 3.60. The minimum atomic E-state index is -1.17. The van der Waals surface area contributed by atoms with Crippen molar-refractivity contribution in [2.45, 2.75) is 25.7 Å². The molecule has 9 nitrogen and oxygen atoms in total. The van der Waals surface area contributed by atoms with Crippen LogP contribution in [-0.2, 0) is 23.7 Å². The predicted octanol–water partition coefficient (Wildman–Crippen LogP) is 0.846. The maximum atomic E-state index is 11.3. The van der Waals surface area contributed by atoms with Crippen LogP contribution in [0, 0.1) is 0 Å². The van der Waals surface area contributed by atoms with Crippen molar-refractivity contribution in [3.63, 3.8) is 0 Å². The number of rotatable bonds is 4. The lowest BCUT2D eigenvalue weighted by Gasteiger charge is -2.26. The van der Waals surface area contributed by atoms with Gasteiger partial charge in [0.1, 0.15) is 28.9 Å². The van der Waals surface area contributed by atoms with E-state index in [1.165, 1.54) is 0 Å². The molecule has 4 N–H and O–H groups in total. The van der Waals surface area contributed by atoms with E-state index in [-0.39, 0.29) is 0 Å². The molecule has 4 aromatic heterocycles. The number of nitrogens with zero attached hydrogens (tertiary/aromatic N) is 5. The minimum Gasteiger partial charge on any atom is -0.382 e. The van der Waals surface area contributed by atoms with Crippen molar-refractivity contribution in [3.05, 3.63) is 42.6 Å². The van der Waals surface area contributed by atoms with Gasteiger partial charge in [-0.05, 0) is 12.1 Å². The number of aromatic nitrogens is 5. The first-order valence-corrected chi connectivity index (χ1v) is 8.93. The second-order valence-electron chi connectivity index (χ2n) is 7.12. The fourth-order valence-electron chi connectivity index (χ4n) is 3.89.